The van der Waals surface area contributed by atoms with Crippen LogP contribution in [0.15, 0.2) is 12.4 Å². The second-order valence-corrected chi connectivity index (χ2v) is 3.96. The van der Waals surface area contributed by atoms with Crippen LogP contribution in [0.5, 0.6) is 0 Å². The Kier molecular flexibility index (Phi) is 5.69. The fourth-order valence-electron chi connectivity index (χ4n) is 1.66. The van der Waals surface area contributed by atoms with E-state index in [4.69, 9.17) is 4.74 Å². The molecular weight excluding hydrogens is 218 g/mol. The van der Waals surface area contributed by atoms with Gasteiger partial charge in [0.2, 0.25) is 5.91 Å². The van der Waals surface area contributed by atoms with Crippen molar-refractivity contribution in [3.8, 4) is 0 Å². The van der Waals surface area contributed by atoms with E-state index in [0.717, 1.165) is 18.7 Å². The Morgan fingerprint density at radius 1 is 1.65 bits per heavy atom. The molecule has 1 rings (SSSR count). The summed E-state index contributed by atoms with van der Waals surface area (Å²) < 4.78 is 6.81. The maximum absolute atomic E-state index is 11.9. The molecule has 0 bridgehead atoms. The highest BCUT2D eigenvalue weighted by Gasteiger charge is 2.16. The van der Waals surface area contributed by atoms with Gasteiger partial charge in [0.1, 0.15) is 11.9 Å². The number of carbonyl (C=O) groups excluding carboxylic acids is 1. The normalized spacial score (nSPS) is 12.4. The van der Waals surface area contributed by atoms with E-state index in [1.165, 1.54) is 0 Å². The quantitative estimate of drug-likeness (QED) is 0.726. The number of hydrogen-bond acceptors (Lipinski definition) is 3. The first-order valence-electron chi connectivity index (χ1n) is 5.99. The fraction of sp³-hybridized carbons (Fsp3) is 0.667. The van der Waals surface area contributed by atoms with Gasteiger partial charge in [0.25, 0.3) is 0 Å². The number of nitrogens with zero attached hydrogens (tertiary/aromatic N) is 2. The molecule has 1 unspecified atom stereocenters. The molecule has 0 saturated heterocycles. The summed E-state index contributed by atoms with van der Waals surface area (Å²) in [6, 6.07) is -0.226. The minimum absolute atomic E-state index is 0.00240. The maximum Gasteiger partial charge on any atom is 0.242 e. The minimum Gasteiger partial charge on any atom is -0.383 e. The third-order valence-electron chi connectivity index (χ3n) is 2.62. The highest BCUT2D eigenvalue weighted by atomic mass is 16.5. The van der Waals surface area contributed by atoms with E-state index >= 15 is 0 Å². The molecule has 1 heterocycles. The zero-order valence-corrected chi connectivity index (χ0v) is 10.8. The van der Waals surface area contributed by atoms with Crippen molar-refractivity contribution >= 4 is 5.91 Å². The number of aryl methyl sites for hydroxylation is 1. The van der Waals surface area contributed by atoms with Gasteiger partial charge in [-0.2, -0.15) is 0 Å². The largest absolute Gasteiger partial charge is 0.383 e. The molecule has 1 amide bonds. The summed E-state index contributed by atoms with van der Waals surface area (Å²) in [5, 5.41) is 2.83. The first-order chi connectivity index (χ1) is 8.20. The lowest BCUT2D eigenvalue weighted by molar-refractivity contribution is -0.124. The van der Waals surface area contributed by atoms with E-state index in [9.17, 15) is 4.79 Å². The van der Waals surface area contributed by atoms with E-state index in [1.807, 2.05) is 17.7 Å². The van der Waals surface area contributed by atoms with E-state index in [-0.39, 0.29) is 11.9 Å². The van der Waals surface area contributed by atoms with Gasteiger partial charge in [0, 0.05) is 32.5 Å². The Morgan fingerprint density at radius 2 is 2.41 bits per heavy atom. The number of nitrogens with one attached hydrogen (secondary N) is 1. The van der Waals surface area contributed by atoms with Crippen LogP contribution in [0.2, 0.25) is 0 Å². The van der Waals surface area contributed by atoms with Crippen LogP contribution in [0.3, 0.4) is 0 Å². The Morgan fingerprint density at radius 3 is 3.06 bits per heavy atom. The smallest absolute Gasteiger partial charge is 0.242 e. The predicted octanol–water partition coefficient (Wildman–Crippen LogP) is 1.16. The highest BCUT2D eigenvalue weighted by Crippen LogP contribution is 2.10. The van der Waals surface area contributed by atoms with Gasteiger partial charge in [0.15, 0.2) is 0 Å². The highest BCUT2D eigenvalue weighted by molar-refractivity contribution is 5.79. The van der Waals surface area contributed by atoms with Crippen LogP contribution in [0.1, 0.15) is 32.1 Å². The van der Waals surface area contributed by atoms with Crippen LogP contribution in [-0.4, -0.2) is 35.7 Å². The van der Waals surface area contributed by atoms with Crippen LogP contribution in [-0.2, 0) is 16.0 Å². The summed E-state index contributed by atoms with van der Waals surface area (Å²) in [7, 11) is 1.62. The van der Waals surface area contributed by atoms with E-state index < -0.39 is 0 Å². The molecule has 0 saturated carbocycles. The Balaban J connectivity index is 2.58. The molecule has 0 aliphatic rings. The molecule has 1 atom stereocenters. The Hall–Kier alpha value is -1.36. The molecule has 1 N–H and O–H groups in total. The Labute approximate surface area is 102 Å². The number of hydrogen-bond donors (Lipinski definition) is 1. The molecule has 0 fully saturated rings. The van der Waals surface area contributed by atoms with Crippen LogP contribution in [0.4, 0.5) is 0 Å². The summed E-state index contributed by atoms with van der Waals surface area (Å²) in [5.74, 6) is 0.958. The van der Waals surface area contributed by atoms with Gasteiger partial charge in [0.05, 0.1) is 6.61 Å². The van der Waals surface area contributed by atoms with Crippen molar-refractivity contribution in [1.29, 1.82) is 0 Å². The molecule has 1 aromatic heterocycles. The fourth-order valence-corrected chi connectivity index (χ4v) is 1.66. The molecule has 0 spiro atoms. The zero-order valence-electron chi connectivity index (χ0n) is 10.8. The second-order valence-electron chi connectivity index (χ2n) is 3.96. The number of imidazole rings is 1. The van der Waals surface area contributed by atoms with Crippen molar-refractivity contribution < 1.29 is 9.53 Å². The lowest BCUT2D eigenvalue weighted by Crippen LogP contribution is -2.33. The lowest BCUT2D eigenvalue weighted by Gasteiger charge is -2.16. The summed E-state index contributed by atoms with van der Waals surface area (Å²) in [4.78, 5) is 16.1. The van der Waals surface area contributed by atoms with Gasteiger partial charge >= 0.3 is 0 Å². The number of aromatic nitrogens is 2. The summed E-state index contributed by atoms with van der Waals surface area (Å²) in [5.41, 5.74) is 0. The molecule has 5 heteroatoms. The number of methoxy groups -OCH3 is 1. The predicted molar refractivity (Wildman–Crippen MR) is 65.8 cm³/mol. The SMILES string of the molecule is CCCc1nccn1C(C)C(=O)NCCOC. The molecule has 0 aliphatic carbocycles. The van der Waals surface area contributed by atoms with Gasteiger partial charge in [-0.25, -0.2) is 4.98 Å². The van der Waals surface area contributed by atoms with Crippen molar-refractivity contribution in [3.05, 3.63) is 18.2 Å². The van der Waals surface area contributed by atoms with Gasteiger partial charge in [-0.3, -0.25) is 4.79 Å². The first kappa shape index (κ1) is 13.7. The number of ether oxygens (including phenoxy) is 1. The molecule has 1 aromatic rings. The molecular formula is C12H21N3O2. The lowest BCUT2D eigenvalue weighted by atomic mass is 10.2. The average molecular weight is 239 g/mol. The van der Waals surface area contributed by atoms with Gasteiger partial charge in [-0.1, -0.05) is 6.92 Å². The number of amides is 1. The van der Waals surface area contributed by atoms with Crippen LogP contribution in [0.25, 0.3) is 0 Å². The Bertz CT molecular complexity index is 349. The maximum atomic E-state index is 11.9. The molecule has 96 valence electrons. The van der Waals surface area contributed by atoms with Crippen molar-refractivity contribution in [3.63, 3.8) is 0 Å². The van der Waals surface area contributed by atoms with Gasteiger partial charge in [-0.15, -0.1) is 0 Å². The molecule has 17 heavy (non-hydrogen) atoms. The average Bonchev–Trinajstić information content (AvgIpc) is 2.77. The molecule has 0 radical (unpaired) electrons. The number of carbonyl (C=O) groups is 1. The zero-order chi connectivity index (χ0) is 12.7. The van der Waals surface area contributed by atoms with Crippen molar-refractivity contribution in [2.45, 2.75) is 32.7 Å². The van der Waals surface area contributed by atoms with Crippen molar-refractivity contribution in [2.75, 3.05) is 20.3 Å². The molecule has 0 aromatic carbocycles. The van der Waals surface area contributed by atoms with Crippen LogP contribution >= 0.6 is 0 Å². The van der Waals surface area contributed by atoms with Crippen molar-refractivity contribution in [1.82, 2.24) is 14.9 Å². The summed E-state index contributed by atoms with van der Waals surface area (Å²) in [6.45, 7) is 5.05. The van der Waals surface area contributed by atoms with E-state index in [0.29, 0.717) is 13.2 Å². The molecule has 0 aliphatic heterocycles. The monoisotopic (exact) mass is 239 g/mol. The van der Waals surface area contributed by atoms with E-state index in [2.05, 4.69) is 17.2 Å². The van der Waals surface area contributed by atoms with Crippen molar-refractivity contribution in [2.24, 2.45) is 0 Å². The first-order valence-corrected chi connectivity index (χ1v) is 5.99. The van der Waals surface area contributed by atoms with Crippen LogP contribution in [0, 0.1) is 0 Å². The second kappa shape index (κ2) is 7.06. The standard InChI is InChI=1S/C12H21N3O2/c1-4-5-11-13-6-8-15(11)10(2)12(16)14-7-9-17-3/h6,8,10H,4-5,7,9H2,1-3H3,(H,14,16). The molecule has 5 nitrogen and oxygen atoms in total. The van der Waals surface area contributed by atoms with Gasteiger partial charge < -0.3 is 14.6 Å². The third kappa shape index (κ3) is 3.85. The summed E-state index contributed by atoms with van der Waals surface area (Å²) in [6.07, 6.45) is 5.51. The van der Waals surface area contributed by atoms with E-state index in [1.54, 1.807) is 13.3 Å². The third-order valence-corrected chi connectivity index (χ3v) is 2.62. The van der Waals surface area contributed by atoms with Gasteiger partial charge in [-0.05, 0) is 13.3 Å². The number of rotatable bonds is 7. The minimum atomic E-state index is -0.226. The summed E-state index contributed by atoms with van der Waals surface area (Å²) >= 11 is 0. The topological polar surface area (TPSA) is 56.2 Å². The van der Waals surface area contributed by atoms with Crippen LogP contribution < -0.4 is 5.32 Å².